The average molecular weight is 337 g/mol. The molecule has 116 valence electrons. The van der Waals surface area contributed by atoms with E-state index in [0.29, 0.717) is 9.23 Å². The highest BCUT2D eigenvalue weighted by Gasteiger charge is 2.33. The zero-order valence-electron chi connectivity index (χ0n) is 12.2. The standard InChI is InChI=1S/C15H15NO4S2/c1-3-20-13(17)9-16-14(18)12(22-15(16)21)8-10-4-6-11(19-2)7-5-10/h4-8H,3,9H2,1-2H3. The van der Waals surface area contributed by atoms with Crippen molar-refractivity contribution in [2.75, 3.05) is 20.3 Å². The molecular formula is C15H15NO4S2. The van der Waals surface area contributed by atoms with Crippen LogP contribution in [0.5, 0.6) is 5.75 Å². The second kappa shape index (κ2) is 7.42. The minimum Gasteiger partial charge on any atom is -0.497 e. The van der Waals surface area contributed by atoms with Gasteiger partial charge in [0.25, 0.3) is 5.91 Å². The fraction of sp³-hybridized carbons (Fsp3) is 0.267. The van der Waals surface area contributed by atoms with Crippen LogP contribution in [0, 0.1) is 0 Å². The van der Waals surface area contributed by atoms with Gasteiger partial charge in [-0.05, 0) is 30.7 Å². The molecule has 0 radical (unpaired) electrons. The van der Waals surface area contributed by atoms with Crippen molar-refractivity contribution < 1.29 is 19.1 Å². The Morgan fingerprint density at radius 1 is 1.36 bits per heavy atom. The van der Waals surface area contributed by atoms with E-state index >= 15 is 0 Å². The Hall–Kier alpha value is -1.86. The molecule has 1 aromatic rings. The summed E-state index contributed by atoms with van der Waals surface area (Å²) < 4.78 is 10.3. The van der Waals surface area contributed by atoms with Gasteiger partial charge in [-0.15, -0.1) is 0 Å². The maximum atomic E-state index is 12.3. The van der Waals surface area contributed by atoms with Crippen LogP contribution in [0.1, 0.15) is 12.5 Å². The molecule has 1 saturated heterocycles. The Balaban J connectivity index is 2.12. The van der Waals surface area contributed by atoms with Gasteiger partial charge in [0, 0.05) is 0 Å². The Morgan fingerprint density at radius 2 is 2.05 bits per heavy atom. The molecule has 1 fully saturated rings. The first-order valence-corrected chi connectivity index (χ1v) is 7.82. The molecule has 0 aromatic heterocycles. The van der Waals surface area contributed by atoms with Crippen molar-refractivity contribution >= 4 is 46.3 Å². The lowest BCUT2D eigenvalue weighted by atomic mass is 10.2. The van der Waals surface area contributed by atoms with Crippen molar-refractivity contribution in [2.24, 2.45) is 0 Å². The second-order valence-corrected chi connectivity index (χ2v) is 6.02. The van der Waals surface area contributed by atoms with Crippen LogP contribution in [0.25, 0.3) is 6.08 Å². The molecule has 0 unspecified atom stereocenters. The minimum atomic E-state index is -0.468. The lowest BCUT2D eigenvalue weighted by molar-refractivity contribution is -0.145. The summed E-state index contributed by atoms with van der Waals surface area (Å²) in [5.41, 5.74) is 0.859. The van der Waals surface area contributed by atoms with Gasteiger partial charge in [-0.25, -0.2) is 0 Å². The zero-order valence-corrected chi connectivity index (χ0v) is 13.8. The van der Waals surface area contributed by atoms with Crippen molar-refractivity contribution in [1.29, 1.82) is 0 Å². The van der Waals surface area contributed by atoms with Crippen LogP contribution in [0.2, 0.25) is 0 Å². The summed E-state index contributed by atoms with van der Waals surface area (Å²) in [6, 6.07) is 7.31. The number of thioether (sulfide) groups is 1. The van der Waals surface area contributed by atoms with Gasteiger partial charge in [0.15, 0.2) is 0 Å². The van der Waals surface area contributed by atoms with Crippen molar-refractivity contribution in [2.45, 2.75) is 6.92 Å². The van der Waals surface area contributed by atoms with Gasteiger partial charge < -0.3 is 9.47 Å². The van der Waals surface area contributed by atoms with Crippen molar-refractivity contribution in [1.82, 2.24) is 4.90 Å². The highest BCUT2D eigenvalue weighted by Crippen LogP contribution is 2.32. The van der Waals surface area contributed by atoms with E-state index < -0.39 is 5.97 Å². The average Bonchev–Trinajstić information content (AvgIpc) is 2.76. The van der Waals surface area contributed by atoms with Crippen molar-refractivity contribution in [3.63, 3.8) is 0 Å². The van der Waals surface area contributed by atoms with E-state index in [1.54, 1.807) is 20.1 Å². The number of benzene rings is 1. The third-order valence-electron chi connectivity index (χ3n) is 2.88. The number of methoxy groups -OCH3 is 1. The molecule has 1 aliphatic rings. The fourth-order valence-electron chi connectivity index (χ4n) is 1.82. The predicted molar refractivity (Wildman–Crippen MR) is 89.5 cm³/mol. The third-order valence-corrected chi connectivity index (χ3v) is 4.26. The molecule has 5 nitrogen and oxygen atoms in total. The first-order valence-electron chi connectivity index (χ1n) is 6.60. The number of nitrogens with zero attached hydrogens (tertiary/aromatic N) is 1. The number of esters is 1. The molecule has 2 rings (SSSR count). The molecule has 0 spiro atoms. The normalized spacial score (nSPS) is 16.3. The summed E-state index contributed by atoms with van der Waals surface area (Å²) in [6.45, 7) is 1.83. The Morgan fingerprint density at radius 3 is 2.64 bits per heavy atom. The first-order chi connectivity index (χ1) is 10.5. The van der Waals surface area contributed by atoms with E-state index in [2.05, 4.69) is 0 Å². The molecule has 0 atom stereocenters. The van der Waals surface area contributed by atoms with E-state index in [0.717, 1.165) is 11.3 Å². The van der Waals surface area contributed by atoms with Gasteiger partial charge in [-0.3, -0.25) is 14.5 Å². The fourth-order valence-corrected chi connectivity index (χ4v) is 3.08. The van der Waals surface area contributed by atoms with E-state index in [1.165, 1.54) is 16.7 Å². The lowest BCUT2D eigenvalue weighted by Gasteiger charge is -2.12. The first kappa shape index (κ1) is 16.5. The SMILES string of the molecule is CCOC(=O)CN1C(=O)C(=Cc2ccc(OC)cc2)SC1=S. The largest absolute Gasteiger partial charge is 0.497 e. The highest BCUT2D eigenvalue weighted by molar-refractivity contribution is 8.26. The Kier molecular flexibility index (Phi) is 5.57. The van der Waals surface area contributed by atoms with Crippen LogP contribution in [0.4, 0.5) is 0 Å². The number of carbonyl (C=O) groups is 2. The smallest absolute Gasteiger partial charge is 0.326 e. The molecule has 22 heavy (non-hydrogen) atoms. The number of hydrogen-bond donors (Lipinski definition) is 0. The van der Waals surface area contributed by atoms with E-state index in [4.69, 9.17) is 21.7 Å². The minimum absolute atomic E-state index is 0.154. The maximum absolute atomic E-state index is 12.3. The van der Waals surface area contributed by atoms with Gasteiger partial charge >= 0.3 is 5.97 Å². The van der Waals surface area contributed by atoms with E-state index in [1.807, 2.05) is 24.3 Å². The van der Waals surface area contributed by atoms with Crippen LogP contribution < -0.4 is 4.74 Å². The monoisotopic (exact) mass is 337 g/mol. The molecular weight excluding hydrogens is 322 g/mol. The van der Waals surface area contributed by atoms with Crippen LogP contribution in [-0.4, -0.2) is 41.4 Å². The van der Waals surface area contributed by atoms with Crippen molar-refractivity contribution in [3.05, 3.63) is 34.7 Å². The molecule has 1 aromatic carbocycles. The summed E-state index contributed by atoms with van der Waals surface area (Å²) in [4.78, 5) is 25.6. The van der Waals surface area contributed by atoms with Crippen LogP contribution in [0.3, 0.4) is 0 Å². The second-order valence-electron chi connectivity index (χ2n) is 4.35. The number of carbonyl (C=O) groups excluding carboxylic acids is 2. The summed E-state index contributed by atoms with van der Waals surface area (Å²) in [6.07, 6.45) is 1.74. The van der Waals surface area contributed by atoms with E-state index in [9.17, 15) is 9.59 Å². The topological polar surface area (TPSA) is 55.8 Å². The summed E-state index contributed by atoms with van der Waals surface area (Å²) >= 11 is 6.33. The zero-order chi connectivity index (χ0) is 16.1. The molecule has 0 aliphatic carbocycles. The van der Waals surface area contributed by atoms with Gasteiger partial charge in [-0.1, -0.05) is 36.1 Å². The predicted octanol–water partition coefficient (Wildman–Crippen LogP) is 2.46. The number of thiocarbonyl (C=S) groups is 1. The molecule has 0 bridgehead atoms. The summed E-state index contributed by atoms with van der Waals surface area (Å²) in [5, 5.41) is 0. The summed E-state index contributed by atoms with van der Waals surface area (Å²) in [7, 11) is 1.59. The molecule has 0 N–H and O–H groups in total. The van der Waals surface area contributed by atoms with Gasteiger partial charge in [0.1, 0.15) is 16.6 Å². The maximum Gasteiger partial charge on any atom is 0.326 e. The van der Waals surface area contributed by atoms with Crippen LogP contribution >= 0.6 is 24.0 Å². The number of hydrogen-bond acceptors (Lipinski definition) is 6. The summed E-state index contributed by atoms with van der Waals surface area (Å²) in [5.74, 6) is -0.00428. The Labute approximate surface area is 138 Å². The molecule has 1 heterocycles. The molecule has 1 amide bonds. The highest BCUT2D eigenvalue weighted by atomic mass is 32.2. The quantitative estimate of drug-likeness (QED) is 0.467. The van der Waals surface area contributed by atoms with Crippen LogP contribution in [-0.2, 0) is 14.3 Å². The molecule has 1 aliphatic heterocycles. The number of amides is 1. The lowest BCUT2D eigenvalue weighted by Crippen LogP contribution is -2.34. The van der Waals surface area contributed by atoms with Crippen LogP contribution in [0.15, 0.2) is 29.2 Å². The number of ether oxygens (including phenoxy) is 2. The Bertz CT molecular complexity index is 625. The molecule has 7 heteroatoms. The van der Waals surface area contributed by atoms with Gasteiger partial charge in [0.05, 0.1) is 18.6 Å². The number of rotatable bonds is 5. The van der Waals surface area contributed by atoms with Gasteiger partial charge in [-0.2, -0.15) is 0 Å². The third kappa shape index (κ3) is 3.86. The van der Waals surface area contributed by atoms with Crippen molar-refractivity contribution in [3.8, 4) is 5.75 Å². The van der Waals surface area contributed by atoms with Gasteiger partial charge in [0.2, 0.25) is 0 Å². The van der Waals surface area contributed by atoms with E-state index in [-0.39, 0.29) is 19.1 Å². The molecule has 0 saturated carbocycles.